The fraction of sp³-hybridized carbons (Fsp3) is 0.750. The zero-order valence-corrected chi connectivity index (χ0v) is 5.77. The van der Waals surface area contributed by atoms with Gasteiger partial charge in [0.1, 0.15) is 0 Å². The minimum atomic E-state index is -1.38. The summed E-state index contributed by atoms with van der Waals surface area (Å²) in [7, 11) is 0. The van der Waals surface area contributed by atoms with Gasteiger partial charge in [0.15, 0.2) is 0 Å². The molecule has 0 aromatic rings. The van der Waals surface area contributed by atoms with Gasteiger partial charge in [-0.2, -0.15) is 0 Å². The molecule has 0 fully saturated rings. The molecule has 1 unspecified atom stereocenters. The van der Waals surface area contributed by atoms with Crippen LogP contribution in [0.4, 0.5) is 0 Å². The van der Waals surface area contributed by atoms with Crippen LogP contribution < -0.4 is 11.5 Å². The van der Waals surface area contributed by atoms with Crippen LogP contribution in [-0.4, -0.2) is 15.4 Å². The Morgan fingerprint density at radius 3 is 2.25 bits per heavy atom. The predicted octanol–water partition coefficient (Wildman–Crippen LogP) is -1.32. The first kappa shape index (κ1) is 8.27. The third-order valence-corrected chi connectivity index (χ3v) is 1.42. The van der Waals surface area contributed by atoms with E-state index in [1.54, 1.807) is 6.92 Å². The molecule has 0 saturated carbocycles. The molecule has 0 saturated heterocycles. The molecule has 0 rings (SSSR count). The molecule has 0 bridgehead atoms. The number of rotatable bonds is 2. The van der Waals surface area contributed by atoms with Gasteiger partial charge in [-0.05, 0) is 0 Å². The van der Waals surface area contributed by atoms with Crippen molar-refractivity contribution in [3.8, 4) is 0 Å². The summed E-state index contributed by atoms with van der Waals surface area (Å²) in [6.07, 6.45) is 0.391. The summed E-state index contributed by atoms with van der Waals surface area (Å²) in [5.74, 6) is 0. The van der Waals surface area contributed by atoms with E-state index in [9.17, 15) is 0 Å². The number of hydrogen-bond donors (Lipinski definition) is 3. The maximum absolute atomic E-state index is 8.95. The van der Waals surface area contributed by atoms with Gasteiger partial charge >= 0.3 is 55.8 Å². The third kappa shape index (κ3) is 2.03. The number of aliphatic hydroxyl groups is 1. The van der Waals surface area contributed by atoms with E-state index in [0.717, 1.165) is 0 Å². The molecule has 0 radical (unpaired) electrons. The monoisotopic (exact) mass is 158 g/mol. The zero-order valence-electron chi connectivity index (χ0n) is 4.66. The average molecular weight is 158 g/mol. The van der Waals surface area contributed by atoms with E-state index < -0.39 is 5.72 Å². The first-order valence-electron chi connectivity index (χ1n) is 2.29. The average Bonchev–Trinajstić information content (AvgIpc) is 1.67. The molecule has 0 aliphatic heterocycles. The summed E-state index contributed by atoms with van der Waals surface area (Å²) >= 11 is 3.30. The van der Waals surface area contributed by atoms with Crippen molar-refractivity contribution >= 4 is 4.54 Å². The Labute approximate surface area is 56.4 Å². The van der Waals surface area contributed by atoms with Crippen molar-refractivity contribution in [3.63, 3.8) is 0 Å². The molecule has 8 heavy (non-hydrogen) atoms. The van der Waals surface area contributed by atoms with Crippen LogP contribution in [0.15, 0.2) is 0 Å². The quantitative estimate of drug-likeness (QED) is 0.344. The maximum atomic E-state index is 8.95. The number of nitrogens with two attached hydrogens (primary N) is 2. The van der Waals surface area contributed by atoms with E-state index in [1.807, 2.05) is 0 Å². The Morgan fingerprint density at radius 2 is 2.25 bits per heavy atom. The topological polar surface area (TPSA) is 72.3 Å². The molecule has 49 valence electrons. The third-order valence-electron chi connectivity index (χ3n) is 0.942. The van der Waals surface area contributed by atoms with Gasteiger partial charge in [0.2, 0.25) is 0 Å². The van der Waals surface area contributed by atoms with Crippen LogP contribution in [0, 0.1) is 0 Å². The van der Waals surface area contributed by atoms with E-state index in [-0.39, 0.29) is 4.54 Å². The standard InChI is InChI=1S/C4H10N2O.Fe/c1-2-4(6,7)3-5;/h7H,2,5-6H2,1H3;/q;+1. The predicted molar refractivity (Wildman–Crippen MR) is 28.6 cm³/mol. The van der Waals surface area contributed by atoms with E-state index >= 15 is 0 Å². The van der Waals surface area contributed by atoms with E-state index in [1.165, 1.54) is 0 Å². The molecule has 1 atom stereocenters. The second kappa shape index (κ2) is 2.71. The molecule has 3 nitrogen and oxygen atoms in total. The molecular weight excluding hydrogens is 148 g/mol. The molecule has 0 aliphatic carbocycles. The van der Waals surface area contributed by atoms with E-state index in [2.05, 4.69) is 15.6 Å². The van der Waals surface area contributed by atoms with Crippen molar-refractivity contribution < 1.29 is 20.7 Å². The summed E-state index contributed by atoms with van der Waals surface area (Å²) in [6, 6.07) is 0. The molecule has 0 aromatic carbocycles. The Kier molecular flexibility index (Phi) is 2.80. The molecule has 0 aliphatic rings. The van der Waals surface area contributed by atoms with Crippen LogP contribution in [0.5, 0.6) is 0 Å². The Balaban J connectivity index is 3.91. The second-order valence-corrected chi connectivity index (χ2v) is 2.21. The van der Waals surface area contributed by atoms with Crippen LogP contribution >= 0.6 is 0 Å². The first-order chi connectivity index (χ1) is 3.50. The number of hydrogen-bond acceptors (Lipinski definition) is 3. The van der Waals surface area contributed by atoms with Crippen LogP contribution in [-0.2, 0) is 15.6 Å². The molecular formula is C4H10FeN2O+. The van der Waals surface area contributed by atoms with Crippen molar-refractivity contribution in [2.45, 2.75) is 19.1 Å². The molecule has 0 amide bonds. The molecule has 0 spiro atoms. The van der Waals surface area contributed by atoms with Gasteiger partial charge in [-0.1, -0.05) is 0 Å². The SMILES string of the molecule is CCC(N)(O)[C](N)=[Fe+]. The Hall–Kier alpha value is 0.269. The van der Waals surface area contributed by atoms with Gasteiger partial charge in [-0.25, -0.2) is 0 Å². The van der Waals surface area contributed by atoms with Crippen LogP contribution in [0.3, 0.4) is 0 Å². The summed E-state index contributed by atoms with van der Waals surface area (Å²) in [4.78, 5) is 0. The van der Waals surface area contributed by atoms with Gasteiger partial charge in [0.05, 0.1) is 0 Å². The Bertz CT molecular complexity index is 102. The summed E-state index contributed by atoms with van der Waals surface area (Å²) < 4.78 is 0.111. The fourth-order valence-electron chi connectivity index (χ4n) is 0.165. The van der Waals surface area contributed by atoms with Crippen molar-refractivity contribution in [2.24, 2.45) is 11.5 Å². The van der Waals surface area contributed by atoms with Crippen molar-refractivity contribution in [1.82, 2.24) is 0 Å². The Morgan fingerprint density at radius 1 is 1.88 bits per heavy atom. The fourth-order valence-corrected chi connectivity index (χ4v) is 0.360. The second-order valence-electron chi connectivity index (χ2n) is 1.61. The van der Waals surface area contributed by atoms with Gasteiger partial charge in [-0.15, -0.1) is 0 Å². The summed E-state index contributed by atoms with van der Waals surface area (Å²) in [5, 5.41) is 8.95. The molecule has 4 heteroatoms. The summed E-state index contributed by atoms with van der Waals surface area (Å²) in [5.41, 5.74) is 8.93. The van der Waals surface area contributed by atoms with Crippen LogP contribution in [0.1, 0.15) is 13.3 Å². The molecule has 5 N–H and O–H groups in total. The molecule has 0 heterocycles. The zero-order chi connectivity index (χ0) is 6.78. The normalized spacial score (nSPS) is 17.5. The van der Waals surface area contributed by atoms with E-state index in [0.29, 0.717) is 6.42 Å². The molecule has 0 aromatic heterocycles. The van der Waals surface area contributed by atoms with Crippen molar-refractivity contribution in [3.05, 3.63) is 0 Å². The summed E-state index contributed by atoms with van der Waals surface area (Å²) in [6.45, 7) is 1.73. The van der Waals surface area contributed by atoms with Crippen molar-refractivity contribution in [2.75, 3.05) is 0 Å². The minimum absolute atomic E-state index is 0.111. The van der Waals surface area contributed by atoms with Gasteiger partial charge < -0.3 is 0 Å². The van der Waals surface area contributed by atoms with Gasteiger partial charge in [0.25, 0.3) is 0 Å². The van der Waals surface area contributed by atoms with Crippen LogP contribution in [0.25, 0.3) is 0 Å². The first-order valence-corrected chi connectivity index (χ1v) is 2.84. The van der Waals surface area contributed by atoms with Crippen LogP contribution in [0.2, 0.25) is 0 Å². The van der Waals surface area contributed by atoms with Gasteiger partial charge in [-0.3, -0.25) is 0 Å². The van der Waals surface area contributed by atoms with Gasteiger partial charge in [0, 0.05) is 0 Å². The van der Waals surface area contributed by atoms with Crippen molar-refractivity contribution in [1.29, 1.82) is 0 Å². The van der Waals surface area contributed by atoms with E-state index in [4.69, 9.17) is 16.6 Å².